The molecule has 0 saturated carbocycles. The average molecular weight is 251 g/mol. The Morgan fingerprint density at radius 3 is 2.44 bits per heavy atom. The zero-order valence-electron chi connectivity index (χ0n) is 11.2. The number of carbonyl (C=O) groups is 1. The van der Waals surface area contributed by atoms with Crippen LogP contribution < -0.4 is 10.2 Å². The van der Waals surface area contributed by atoms with E-state index in [1.807, 2.05) is 18.2 Å². The lowest BCUT2D eigenvalue weighted by molar-refractivity contribution is -0.138. The molecule has 0 aliphatic heterocycles. The molecule has 0 saturated heterocycles. The quantitative estimate of drug-likeness (QED) is 0.574. The van der Waals surface area contributed by atoms with Crippen LogP contribution in [-0.2, 0) is 4.79 Å². The van der Waals surface area contributed by atoms with Gasteiger partial charge in [-0.1, -0.05) is 18.2 Å². The van der Waals surface area contributed by atoms with Gasteiger partial charge < -0.3 is 10.8 Å². The lowest BCUT2D eigenvalue weighted by Crippen LogP contribution is -2.41. The molecular weight excluding hydrogens is 228 g/mol. The summed E-state index contributed by atoms with van der Waals surface area (Å²) < 4.78 is 0.809. The average Bonchev–Trinajstić information content (AvgIpc) is 2.35. The third-order valence-corrected chi connectivity index (χ3v) is 3.25. The topological polar surface area (TPSA) is 63.3 Å². The van der Waals surface area contributed by atoms with Crippen molar-refractivity contribution in [2.24, 2.45) is 5.73 Å². The first-order valence-corrected chi connectivity index (χ1v) is 6.30. The summed E-state index contributed by atoms with van der Waals surface area (Å²) in [6.45, 7) is 0.982. The highest BCUT2D eigenvalue weighted by Gasteiger charge is 2.18. The Bertz CT molecular complexity index is 377. The molecule has 1 atom stereocenters. The Morgan fingerprint density at radius 1 is 1.28 bits per heavy atom. The van der Waals surface area contributed by atoms with Crippen LogP contribution in [-0.4, -0.2) is 37.8 Å². The zero-order chi connectivity index (χ0) is 13.6. The molecule has 0 aromatic heterocycles. The van der Waals surface area contributed by atoms with Crippen molar-refractivity contribution < 1.29 is 9.90 Å². The van der Waals surface area contributed by atoms with E-state index in [4.69, 9.17) is 10.8 Å². The first-order chi connectivity index (χ1) is 8.43. The van der Waals surface area contributed by atoms with Crippen molar-refractivity contribution in [1.29, 1.82) is 0 Å². The SMILES string of the molecule is C[N+](C)(CCCC[C@@H](N)C(=O)O)c1ccccc1. The number of carboxylic acid groups (broad SMARTS) is 1. The summed E-state index contributed by atoms with van der Waals surface area (Å²) >= 11 is 0. The van der Waals surface area contributed by atoms with Crippen LogP contribution in [0.5, 0.6) is 0 Å². The summed E-state index contributed by atoms with van der Waals surface area (Å²) in [6.07, 6.45) is 2.37. The molecule has 3 N–H and O–H groups in total. The number of para-hydroxylation sites is 1. The van der Waals surface area contributed by atoms with Crippen molar-refractivity contribution in [1.82, 2.24) is 4.48 Å². The summed E-state index contributed by atoms with van der Waals surface area (Å²) in [5, 5.41) is 8.69. The van der Waals surface area contributed by atoms with Crippen LogP contribution in [0.25, 0.3) is 0 Å². The van der Waals surface area contributed by atoms with Crippen LogP contribution in [0.2, 0.25) is 0 Å². The molecule has 0 bridgehead atoms. The molecule has 1 aromatic carbocycles. The minimum Gasteiger partial charge on any atom is -0.480 e. The molecule has 4 heteroatoms. The number of aliphatic carboxylic acids is 1. The van der Waals surface area contributed by atoms with E-state index in [1.54, 1.807) is 0 Å². The minimum atomic E-state index is -0.910. The lowest BCUT2D eigenvalue weighted by atomic mass is 10.1. The van der Waals surface area contributed by atoms with Gasteiger partial charge in [0.1, 0.15) is 11.7 Å². The van der Waals surface area contributed by atoms with Gasteiger partial charge in [0.2, 0.25) is 0 Å². The number of unbranched alkanes of at least 4 members (excludes halogenated alkanes) is 1. The second kappa shape index (κ2) is 6.52. The summed E-state index contributed by atoms with van der Waals surface area (Å²) in [7, 11) is 4.32. The molecule has 0 fully saturated rings. The van der Waals surface area contributed by atoms with Crippen molar-refractivity contribution in [3.63, 3.8) is 0 Å². The first kappa shape index (κ1) is 14.7. The summed E-state index contributed by atoms with van der Waals surface area (Å²) in [5.41, 5.74) is 6.74. The first-order valence-electron chi connectivity index (χ1n) is 6.30. The van der Waals surface area contributed by atoms with Crippen molar-refractivity contribution in [2.45, 2.75) is 25.3 Å². The van der Waals surface area contributed by atoms with E-state index in [9.17, 15) is 4.79 Å². The van der Waals surface area contributed by atoms with Gasteiger partial charge in [0, 0.05) is 0 Å². The van der Waals surface area contributed by atoms with E-state index in [2.05, 4.69) is 26.2 Å². The number of rotatable bonds is 7. The van der Waals surface area contributed by atoms with Crippen LogP contribution >= 0.6 is 0 Å². The van der Waals surface area contributed by atoms with E-state index in [-0.39, 0.29) is 0 Å². The van der Waals surface area contributed by atoms with Crippen molar-refractivity contribution in [3.05, 3.63) is 30.3 Å². The maximum Gasteiger partial charge on any atom is 0.320 e. The number of quaternary nitrogens is 1. The van der Waals surface area contributed by atoms with E-state index in [0.29, 0.717) is 6.42 Å². The molecule has 4 nitrogen and oxygen atoms in total. The highest BCUT2D eigenvalue weighted by molar-refractivity contribution is 5.72. The molecular formula is C14H23N2O2+. The molecule has 0 amide bonds. The third-order valence-electron chi connectivity index (χ3n) is 3.25. The van der Waals surface area contributed by atoms with Crippen LogP contribution in [0.15, 0.2) is 30.3 Å². The summed E-state index contributed by atoms with van der Waals surface area (Å²) in [5.74, 6) is -0.910. The molecule has 0 spiro atoms. The second-order valence-corrected chi connectivity index (χ2v) is 5.18. The molecule has 18 heavy (non-hydrogen) atoms. The van der Waals surface area contributed by atoms with Crippen molar-refractivity contribution >= 4 is 11.7 Å². The molecule has 0 radical (unpaired) electrons. The highest BCUT2D eigenvalue weighted by Crippen LogP contribution is 2.19. The van der Waals surface area contributed by atoms with Crippen molar-refractivity contribution in [3.8, 4) is 0 Å². The molecule has 0 aliphatic rings. The van der Waals surface area contributed by atoms with Crippen LogP contribution in [0.4, 0.5) is 5.69 Å². The molecule has 0 aliphatic carbocycles. The number of hydrogen-bond acceptors (Lipinski definition) is 2. The fourth-order valence-electron chi connectivity index (χ4n) is 1.96. The van der Waals surface area contributed by atoms with Gasteiger partial charge in [-0.25, -0.2) is 0 Å². The smallest absolute Gasteiger partial charge is 0.320 e. The molecule has 1 aromatic rings. The van der Waals surface area contributed by atoms with Gasteiger partial charge in [0.15, 0.2) is 0 Å². The van der Waals surface area contributed by atoms with Gasteiger partial charge in [-0.2, -0.15) is 0 Å². The van der Waals surface area contributed by atoms with Crippen LogP contribution in [0.1, 0.15) is 19.3 Å². The fraction of sp³-hybridized carbons (Fsp3) is 0.500. The largest absolute Gasteiger partial charge is 0.480 e. The third kappa shape index (κ3) is 4.47. The number of benzene rings is 1. The highest BCUT2D eigenvalue weighted by atomic mass is 16.4. The number of hydrogen-bond donors (Lipinski definition) is 2. The zero-order valence-corrected chi connectivity index (χ0v) is 11.2. The molecule has 1 rings (SSSR count). The Hall–Kier alpha value is -1.39. The fourth-order valence-corrected chi connectivity index (χ4v) is 1.96. The number of carboxylic acids is 1. The number of nitrogens with zero attached hydrogens (tertiary/aromatic N) is 1. The summed E-state index contributed by atoms with van der Waals surface area (Å²) in [4.78, 5) is 10.6. The van der Waals surface area contributed by atoms with Gasteiger partial charge in [-0.05, 0) is 31.4 Å². The van der Waals surface area contributed by atoms with Gasteiger partial charge in [0.25, 0.3) is 0 Å². The minimum absolute atomic E-state index is 0.546. The predicted molar refractivity (Wildman–Crippen MR) is 74.4 cm³/mol. The Morgan fingerprint density at radius 2 is 1.89 bits per heavy atom. The monoisotopic (exact) mass is 251 g/mol. The van der Waals surface area contributed by atoms with E-state index in [0.717, 1.165) is 23.9 Å². The number of nitrogens with two attached hydrogens (primary N) is 1. The van der Waals surface area contributed by atoms with Crippen LogP contribution in [0.3, 0.4) is 0 Å². The van der Waals surface area contributed by atoms with Gasteiger partial charge in [-0.15, -0.1) is 0 Å². The molecule has 0 unspecified atom stereocenters. The van der Waals surface area contributed by atoms with Gasteiger partial charge >= 0.3 is 5.97 Å². The maximum absolute atomic E-state index is 10.6. The van der Waals surface area contributed by atoms with E-state index >= 15 is 0 Å². The predicted octanol–water partition coefficient (Wildman–Crippen LogP) is 1.84. The Labute approximate surface area is 109 Å². The second-order valence-electron chi connectivity index (χ2n) is 5.18. The maximum atomic E-state index is 10.6. The van der Waals surface area contributed by atoms with E-state index < -0.39 is 12.0 Å². The molecule has 100 valence electrons. The Kier molecular flexibility index (Phi) is 5.31. The standard InChI is InChI=1S/C14H22N2O2/c1-16(2,12-8-4-3-5-9-12)11-7-6-10-13(15)14(17)18/h3-5,8-9,13H,6-7,10-11,15H2,1-2H3/p+1/t13-/m1/s1. The Balaban J connectivity index is 2.37. The summed E-state index contributed by atoms with van der Waals surface area (Å²) in [6, 6.07) is 9.59. The lowest BCUT2D eigenvalue weighted by Gasteiger charge is -2.29. The normalized spacial score (nSPS) is 13.3. The van der Waals surface area contributed by atoms with E-state index in [1.165, 1.54) is 5.69 Å². The van der Waals surface area contributed by atoms with Crippen LogP contribution in [0, 0.1) is 0 Å². The van der Waals surface area contributed by atoms with Gasteiger partial charge in [0.05, 0.1) is 20.6 Å². The molecule has 0 heterocycles. The van der Waals surface area contributed by atoms with Gasteiger partial charge in [-0.3, -0.25) is 9.28 Å². The van der Waals surface area contributed by atoms with Crippen molar-refractivity contribution in [2.75, 3.05) is 20.6 Å².